The minimum Gasteiger partial charge on any atom is -0.388 e. The Morgan fingerprint density at radius 3 is 2.83 bits per heavy atom. The second-order valence-electron chi connectivity index (χ2n) is 4.37. The number of aliphatic hydroxyl groups excluding tert-OH is 1. The number of aryl methyl sites for hydroxylation is 1. The molecule has 0 radical (unpaired) electrons. The summed E-state index contributed by atoms with van der Waals surface area (Å²) in [5.41, 5.74) is 2.97. The van der Waals surface area contributed by atoms with Crippen LogP contribution in [0.15, 0.2) is 36.7 Å². The number of ether oxygens (including phenoxy) is 1. The molecular formula is C14H18N2O2. The Balaban J connectivity index is 2.15. The number of nitrogens with zero attached hydrogens (tertiary/aromatic N) is 2. The molecule has 0 saturated heterocycles. The van der Waals surface area contributed by atoms with Crippen molar-refractivity contribution in [3.63, 3.8) is 0 Å². The summed E-state index contributed by atoms with van der Waals surface area (Å²) in [5.74, 6) is 0. The summed E-state index contributed by atoms with van der Waals surface area (Å²) in [4.78, 5) is 0. The van der Waals surface area contributed by atoms with E-state index in [2.05, 4.69) is 5.10 Å². The molecule has 2 rings (SSSR count). The van der Waals surface area contributed by atoms with Crippen LogP contribution in [0, 0.1) is 0 Å². The molecule has 1 heterocycles. The summed E-state index contributed by atoms with van der Waals surface area (Å²) in [6.45, 7) is 0.514. The van der Waals surface area contributed by atoms with Crippen LogP contribution >= 0.6 is 0 Å². The molecule has 1 unspecified atom stereocenters. The van der Waals surface area contributed by atoms with E-state index in [0.717, 1.165) is 16.7 Å². The van der Waals surface area contributed by atoms with Crippen LogP contribution in [0.1, 0.15) is 22.8 Å². The average Bonchev–Trinajstić information content (AvgIpc) is 2.76. The maximum atomic E-state index is 10.3. The molecule has 96 valence electrons. The monoisotopic (exact) mass is 246 g/mol. The zero-order valence-corrected chi connectivity index (χ0v) is 10.7. The van der Waals surface area contributed by atoms with E-state index in [1.165, 1.54) is 0 Å². The molecule has 1 aromatic carbocycles. The Kier molecular flexibility index (Phi) is 4.12. The predicted molar refractivity (Wildman–Crippen MR) is 69.0 cm³/mol. The molecule has 18 heavy (non-hydrogen) atoms. The molecule has 1 aromatic heterocycles. The van der Waals surface area contributed by atoms with Gasteiger partial charge in [0.1, 0.15) is 0 Å². The maximum absolute atomic E-state index is 10.3. The highest BCUT2D eigenvalue weighted by atomic mass is 16.5. The van der Waals surface area contributed by atoms with E-state index in [-0.39, 0.29) is 0 Å². The van der Waals surface area contributed by atoms with Crippen LogP contribution in [0.4, 0.5) is 0 Å². The Labute approximate surface area is 107 Å². The second kappa shape index (κ2) is 5.80. The number of aliphatic hydroxyl groups is 1. The summed E-state index contributed by atoms with van der Waals surface area (Å²) in [7, 11) is 3.53. The molecule has 0 aliphatic heterocycles. The van der Waals surface area contributed by atoms with E-state index < -0.39 is 6.10 Å². The van der Waals surface area contributed by atoms with Crippen molar-refractivity contribution < 1.29 is 9.84 Å². The molecule has 4 heteroatoms. The Hall–Kier alpha value is -1.65. The van der Waals surface area contributed by atoms with Crippen molar-refractivity contribution >= 4 is 0 Å². The maximum Gasteiger partial charge on any atom is 0.0835 e. The number of aromatic nitrogens is 2. The van der Waals surface area contributed by atoms with E-state index in [0.29, 0.717) is 13.0 Å². The summed E-state index contributed by atoms with van der Waals surface area (Å²) < 4.78 is 6.88. The molecule has 0 amide bonds. The molecule has 0 fully saturated rings. The summed E-state index contributed by atoms with van der Waals surface area (Å²) in [5, 5.41) is 14.4. The van der Waals surface area contributed by atoms with Crippen LogP contribution in [0.25, 0.3) is 0 Å². The predicted octanol–water partition coefficient (Wildman–Crippen LogP) is 1.84. The van der Waals surface area contributed by atoms with Crippen molar-refractivity contribution in [3.05, 3.63) is 53.3 Å². The highest BCUT2D eigenvalue weighted by molar-refractivity contribution is 5.29. The van der Waals surface area contributed by atoms with Crippen molar-refractivity contribution in [2.24, 2.45) is 7.05 Å². The van der Waals surface area contributed by atoms with E-state index in [1.807, 2.05) is 37.5 Å². The number of benzene rings is 1. The first-order chi connectivity index (χ1) is 8.70. The van der Waals surface area contributed by atoms with Gasteiger partial charge >= 0.3 is 0 Å². The van der Waals surface area contributed by atoms with Gasteiger partial charge in [-0.25, -0.2) is 0 Å². The van der Waals surface area contributed by atoms with E-state index >= 15 is 0 Å². The Morgan fingerprint density at radius 2 is 2.17 bits per heavy atom. The molecule has 0 saturated carbocycles. The van der Waals surface area contributed by atoms with E-state index in [9.17, 15) is 5.11 Å². The zero-order chi connectivity index (χ0) is 13.0. The largest absolute Gasteiger partial charge is 0.388 e. The minimum absolute atomic E-state index is 0.514. The molecule has 0 spiro atoms. The molecule has 2 aromatic rings. The van der Waals surface area contributed by atoms with Gasteiger partial charge < -0.3 is 9.84 Å². The van der Waals surface area contributed by atoms with Gasteiger partial charge in [0, 0.05) is 26.8 Å². The molecule has 1 atom stereocenters. The van der Waals surface area contributed by atoms with Crippen molar-refractivity contribution in [3.8, 4) is 0 Å². The lowest BCUT2D eigenvalue weighted by Crippen LogP contribution is -2.05. The molecule has 0 aliphatic rings. The molecule has 1 N–H and O–H groups in total. The molecule has 4 nitrogen and oxygen atoms in total. The normalized spacial score (nSPS) is 12.6. The number of hydrogen-bond donors (Lipinski definition) is 1. The van der Waals surface area contributed by atoms with Crippen LogP contribution in [-0.4, -0.2) is 22.0 Å². The van der Waals surface area contributed by atoms with Gasteiger partial charge in [-0.15, -0.1) is 0 Å². The summed E-state index contributed by atoms with van der Waals surface area (Å²) in [6.07, 6.45) is 3.74. The van der Waals surface area contributed by atoms with Gasteiger partial charge in [-0.05, 0) is 16.7 Å². The van der Waals surface area contributed by atoms with Gasteiger partial charge in [0.15, 0.2) is 0 Å². The first-order valence-corrected chi connectivity index (χ1v) is 5.93. The third kappa shape index (κ3) is 2.97. The fraction of sp³-hybridized carbons (Fsp3) is 0.357. The SMILES string of the molecule is COCc1ccccc1C(O)Cc1cnn(C)c1. The minimum atomic E-state index is -0.527. The quantitative estimate of drug-likeness (QED) is 0.875. The fourth-order valence-electron chi connectivity index (χ4n) is 2.06. The average molecular weight is 246 g/mol. The van der Waals surface area contributed by atoms with Crippen LogP contribution in [0.5, 0.6) is 0 Å². The molecule has 0 bridgehead atoms. The third-order valence-corrected chi connectivity index (χ3v) is 2.90. The van der Waals surface area contributed by atoms with E-state index in [4.69, 9.17) is 4.74 Å². The summed E-state index contributed by atoms with van der Waals surface area (Å²) in [6, 6.07) is 7.80. The first kappa shape index (κ1) is 12.8. The lowest BCUT2D eigenvalue weighted by Gasteiger charge is -2.14. The lowest BCUT2D eigenvalue weighted by atomic mass is 9.99. The first-order valence-electron chi connectivity index (χ1n) is 5.93. The van der Waals surface area contributed by atoms with Crippen LogP contribution in [0.3, 0.4) is 0 Å². The Bertz CT molecular complexity index is 508. The fourth-order valence-corrected chi connectivity index (χ4v) is 2.06. The zero-order valence-electron chi connectivity index (χ0n) is 10.7. The van der Waals surface area contributed by atoms with Gasteiger partial charge in [0.05, 0.1) is 18.9 Å². The van der Waals surface area contributed by atoms with Gasteiger partial charge in [-0.1, -0.05) is 24.3 Å². The number of methoxy groups -OCH3 is 1. The topological polar surface area (TPSA) is 47.3 Å². The second-order valence-corrected chi connectivity index (χ2v) is 4.37. The molecular weight excluding hydrogens is 228 g/mol. The highest BCUT2D eigenvalue weighted by Crippen LogP contribution is 2.22. The highest BCUT2D eigenvalue weighted by Gasteiger charge is 2.13. The standard InChI is InChI=1S/C14H18N2O2/c1-16-9-11(8-15-16)7-14(17)13-6-4-3-5-12(13)10-18-2/h3-6,8-9,14,17H,7,10H2,1-2H3. The smallest absolute Gasteiger partial charge is 0.0835 e. The van der Waals surface area contributed by atoms with E-state index in [1.54, 1.807) is 18.0 Å². The van der Waals surface area contributed by atoms with Crippen molar-refractivity contribution in [1.29, 1.82) is 0 Å². The van der Waals surface area contributed by atoms with Gasteiger partial charge in [-0.3, -0.25) is 4.68 Å². The van der Waals surface area contributed by atoms with Gasteiger partial charge in [0.2, 0.25) is 0 Å². The van der Waals surface area contributed by atoms with Gasteiger partial charge in [0.25, 0.3) is 0 Å². The third-order valence-electron chi connectivity index (χ3n) is 2.90. The summed E-state index contributed by atoms with van der Waals surface area (Å²) >= 11 is 0. The van der Waals surface area contributed by atoms with Gasteiger partial charge in [-0.2, -0.15) is 5.10 Å². The number of rotatable bonds is 5. The van der Waals surface area contributed by atoms with Crippen molar-refractivity contribution in [1.82, 2.24) is 9.78 Å². The van der Waals surface area contributed by atoms with Crippen molar-refractivity contribution in [2.45, 2.75) is 19.1 Å². The van der Waals surface area contributed by atoms with Crippen LogP contribution < -0.4 is 0 Å². The van der Waals surface area contributed by atoms with Crippen molar-refractivity contribution in [2.75, 3.05) is 7.11 Å². The molecule has 0 aliphatic carbocycles. The van der Waals surface area contributed by atoms with Crippen LogP contribution in [-0.2, 0) is 24.8 Å². The number of hydrogen-bond acceptors (Lipinski definition) is 3. The lowest BCUT2D eigenvalue weighted by molar-refractivity contribution is 0.161. The van der Waals surface area contributed by atoms with Crippen LogP contribution in [0.2, 0.25) is 0 Å². The Morgan fingerprint density at radius 1 is 1.39 bits per heavy atom.